The smallest absolute Gasteiger partial charge is 0.180 e. The number of nitrogens with two attached hydrogens (primary N) is 1. The summed E-state index contributed by atoms with van der Waals surface area (Å²) in [5, 5.41) is 3.72. The van der Waals surface area contributed by atoms with Crippen LogP contribution in [0.15, 0.2) is 5.38 Å². The summed E-state index contributed by atoms with van der Waals surface area (Å²) >= 11 is 3.18. The maximum atomic E-state index is 5.64. The molecule has 2 heterocycles. The van der Waals surface area contributed by atoms with Crippen molar-refractivity contribution in [2.24, 2.45) is 0 Å². The minimum Gasteiger partial charge on any atom is -0.375 e. The number of thiazole rings is 2. The first-order chi connectivity index (χ1) is 7.20. The highest BCUT2D eigenvalue weighted by Gasteiger charge is 2.12. The lowest BCUT2D eigenvalue weighted by Crippen LogP contribution is -1.88. The Labute approximate surface area is 97.0 Å². The zero-order valence-corrected chi connectivity index (χ0v) is 10.4. The summed E-state index contributed by atoms with van der Waals surface area (Å²) in [7, 11) is 0. The molecule has 0 saturated carbocycles. The van der Waals surface area contributed by atoms with E-state index in [0.717, 1.165) is 29.2 Å². The quantitative estimate of drug-likeness (QED) is 0.895. The van der Waals surface area contributed by atoms with E-state index in [2.05, 4.69) is 16.9 Å². The number of nitrogens with zero attached hydrogens (tertiary/aromatic N) is 2. The molecule has 0 aliphatic carbocycles. The molecule has 2 aromatic heterocycles. The van der Waals surface area contributed by atoms with Gasteiger partial charge in [0.25, 0.3) is 0 Å². The topological polar surface area (TPSA) is 51.8 Å². The van der Waals surface area contributed by atoms with Gasteiger partial charge in [-0.15, -0.1) is 22.7 Å². The first-order valence-corrected chi connectivity index (χ1v) is 6.58. The maximum Gasteiger partial charge on any atom is 0.180 e. The number of hydrogen-bond acceptors (Lipinski definition) is 5. The van der Waals surface area contributed by atoms with E-state index in [4.69, 9.17) is 5.73 Å². The SMILES string of the molecule is CCCc1nc(C)sc1-c1csc(N)n1. The lowest BCUT2D eigenvalue weighted by atomic mass is 10.2. The molecular weight excluding hydrogens is 226 g/mol. The number of aryl methyl sites for hydroxylation is 2. The molecule has 0 fully saturated rings. The van der Waals surface area contributed by atoms with Crippen LogP contribution < -0.4 is 5.73 Å². The highest BCUT2D eigenvalue weighted by Crippen LogP contribution is 2.32. The van der Waals surface area contributed by atoms with Crippen LogP contribution in [0.3, 0.4) is 0 Å². The van der Waals surface area contributed by atoms with Crippen molar-refractivity contribution < 1.29 is 0 Å². The molecule has 15 heavy (non-hydrogen) atoms. The molecule has 0 unspecified atom stereocenters. The van der Waals surface area contributed by atoms with Gasteiger partial charge < -0.3 is 5.73 Å². The molecule has 0 saturated heterocycles. The summed E-state index contributed by atoms with van der Waals surface area (Å²) in [5.74, 6) is 0. The van der Waals surface area contributed by atoms with E-state index in [1.165, 1.54) is 16.2 Å². The molecule has 0 spiro atoms. The predicted octanol–water partition coefficient (Wildman–Crippen LogP) is 3.11. The van der Waals surface area contributed by atoms with E-state index < -0.39 is 0 Å². The molecule has 2 rings (SSSR count). The van der Waals surface area contributed by atoms with Gasteiger partial charge in [-0.25, -0.2) is 9.97 Å². The van der Waals surface area contributed by atoms with Gasteiger partial charge in [0, 0.05) is 5.38 Å². The van der Waals surface area contributed by atoms with E-state index in [1.807, 2.05) is 12.3 Å². The van der Waals surface area contributed by atoms with E-state index in [9.17, 15) is 0 Å². The zero-order chi connectivity index (χ0) is 10.8. The van der Waals surface area contributed by atoms with Gasteiger partial charge in [-0.3, -0.25) is 0 Å². The van der Waals surface area contributed by atoms with Gasteiger partial charge in [-0.1, -0.05) is 13.3 Å². The summed E-state index contributed by atoms with van der Waals surface area (Å²) in [6.45, 7) is 4.19. The highest BCUT2D eigenvalue weighted by molar-refractivity contribution is 7.16. The molecule has 3 nitrogen and oxygen atoms in total. The summed E-state index contributed by atoms with van der Waals surface area (Å²) < 4.78 is 0. The number of anilines is 1. The Morgan fingerprint density at radius 1 is 1.40 bits per heavy atom. The average Bonchev–Trinajstić information content (AvgIpc) is 2.73. The molecular formula is C10H13N3S2. The Bertz CT molecular complexity index is 459. The minimum absolute atomic E-state index is 0.624. The number of rotatable bonds is 3. The van der Waals surface area contributed by atoms with Crippen LogP contribution in [0, 0.1) is 6.92 Å². The molecule has 80 valence electrons. The van der Waals surface area contributed by atoms with Crippen molar-refractivity contribution in [3.05, 3.63) is 16.1 Å². The molecule has 0 aromatic carbocycles. The normalized spacial score (nSPS) is 10.8. The van der Waals surface area contributed by atoms with Gasteiger partial charge in [0.15, 0.2) is 5.13 Å². The predicted molar refractivity (Wildman–Crippen MR) is 66.4 cm³/mol. The molecule has 2 N–H and O–H groups in total. The summed E-state index contributed by atoms with van der Waals surface area (Å²) in [4.78, 5) is 10.0. The fourth-order valence-electron chi connectivity index (χ4n) is 1.47. The molecule has 0 bridgehead atoms. The Hall–Kier alpha value is -0.940. The molecule has 0 atom stereocenters. The third-order valence-corrected chi connectivity index (χ3v) is 3.76. The fraction of sp³-hybridized carbons (Fsp3) is 0.400. The number of aromatic nitrogens is 2. The first kappa shape index (κ1) is 10.6. The number of nitrogen functional groups attached to an aromatic ring is 1. The molecule has 0 radical (unpaired) electrons. The van der Waals surface area contributed by atoms with E-state index in [-0.39, 0.29) is 0 Å². The van der Waals surface area contributed by atoms with Crippen LogP contribution in [0.5, 0.6) is 0 Å². The van der Waals surface area contributed by atoms with E-state index in [1.54, 1.807) is 11.3 Å². The fourth-order valence-corrected chi connectivity index (χ4v) is 3.02. The van der Waals surface area contributed by atoms with E-state index >= 15 is 0 Å². The maximum absolute atomic E-state index is 5.64. The molecule has 0 aliphatic rings. The van der Waals surface area contributed by atoms with Crippen LogP contribution in [-0.2, 0) is 6.42 Å². The van der Waals surface area contributed by atoms with Crippen LogP contribution in [0.25, 0.3) is 10.6 Å². The van der Waals surface area contributed by atoms with Gasteiger partial charge in [-0.2, -0.15) is 0 Å². The largest absolute Gasteiger partial charge is 0.375 e. The second-order valence-electron chi connectivity index (χ2n) is 3.33. The van der Waals surface area contributed by atoms with Gasteiger partial charge in [-0.05, 0) is 13.3 Å². The van der Waals surface area contributed by atoms with Crippen LogP contribution >= 0.6 is 22.7 Å². The Balaban J connectivity index is 2.42. The van der Waals surface area contributed by atoms with Crippen molar-refractivity contribution >= 4 is 27.8 Å². The van der Waals surface area contributed by atoms with Crippen LogP contribution in [0.2, 0.25) is 0 Å². The van der Waals surface area contributed by atoms with Crippen molar-refractivity contribution in [2.45, 2.75) is 26.7 Å². The Morgan fingerprint density at radius 3 is 2.80 bits per heavy atom. The van der Waals surface area contributed by atoms with Gasteiger partial charge in [0.05, 0.1) is 21.3 Å². The molecule has 2 aromatic rings. The van der Waals surface area contributed by atoms with Gasteiger partial charge in [0.2, 0.25) is 0 Å². The lowest BCUT2D eigenvalue weighted by Gasteiger charge is -1.95. The second kappa shape index (κ2) is 4.28. The van der Waals surface area contributed by atoms with Crippen molar-refractivity contribution in [3.8, 4) is 10.6 Å². The van der Waals surface area contributed by atoms with Crippen molar-refractivity contribution in [1.29, 1.82) is 0 Å². The van der Waals surface area contributed by atoms with Crippen LogP contribution in [0.1, 0.15) is 24.0 Å². The van der Waals surface area contributed by atoms with Gasteiger partial charge >= 0.3 is 0 Å². The lowest BCUT2D eigenvalue weighted by molar-refractivity contribution is 0.889. The highest BCUT2D eigenvalue weighted by atomic mass is 32.1. The summed E-state index contributed by atoms with van der Waals surface area (Å²) in [6, 6.07) is 0. The average molecular weight is 239 g/mol. The Morgan fingerprint density at radius 2 is 2.20 bits per heavy atom. The standard InChI is InChI=1S/C10H13N3S2/c1-3-4-7-9(15-6(2)12-7)8-5-14-10(11)13-8/h5H,3-4H2,1-2H3,(H2,11,13). The van der Waals surface area contributed by atoms with E-state index in [0.29, 0.717) is 5.13 Å². The third kappa shape index (κ3) is 2.18. The monoisotopic (exact) mass is 239 g/mol. The van der Waals surface area contributed by atoms with Gasteiger partial charge in [0.1, 0.15) is 0 Å². The minimum atomic E-state index is 0.624. The summed E-state index contributed by atoms with van der Waals surface area (Å²) in [6.07, 6.45) is 2.12. The third-order valence-electron chi connectivity index (χ3n) is 2.05. The van der Waals surface area contributed by atoms with Crippen molar-refractivity contribution in [1.82, 2.24) is 9.97 Å². The first-order valence-electron chi connectivity index (χ1n) is 4.88. The van der Waals surface area contributed by atoms with Crippen LogP contribution in [-0.4, -0.2) is 9.97 Å². The molecule has 0 aliphatic heterocycles. The molecule has 0 amide bonds. The number of hydrogen-bond donors (Lipinski definition) is 1. The molecule has 5 heteroatoms. The summed E-state index contributed by atoms with van der Waals surface area (Å²) in [5.41, 5.74) is 7.77. The second-order valence-corrected chi connectivity index (χ2v) is 5.42. The van der Waals surface area contributed by atoms with Crippen molar-refractivity contribution in [2.75, 3.05) is 5.73 Å². The van der Waals surface area contributed by atoms with Crippen LogP contribution in [0.4, 0.5) is 5.13 Å². The Kier molecular flexibility index (Phi) is 3.02. The zero-order valence-electron chi connectivity index (χ0n) is 8.78. The van der Waals surface area contributed by atoms with Crippen molar-refractivity contribution in [3.63, 3.8) is 0 Å².